The Bertz CT molecular complexity index is 477. The monoisotopic (exact) mass is 290 g/mol. The highest BCUT2D eigenvalue weighted by molar-refractivity contribution is 9.10. The minimum atomic E-state index is 0.612. The molecule has 0 amide bonds. The van der Waals surface area contributed by atoms with Gasteiger partial charge in [0.15, 0.2) is 0 Å². The van der Waals surface area contributed by atoms with E-state index >= 15 is 0 Å². The minimum absolute atomic E-state index is 0.612. The van der Waals surface area contributed by atoms with Crippen LogP contribution in [0, 0.1) is 0 Å². The first-order chi connectivity index (χ1) is 8.28. The van der Waals surface area contributed by atoms with Gasteiger partial charge in [0.2, 0.25) is 0 Å². The number of halogens is 1. The third kappa shape index (κ3) is 3.60. The van der Waals surface area contributed by atoms with Crippen molar-refractivity contribution in [3.8, 4) is 5.75 Å². The van der Waals surface area contributed by atoms with Crippen molar-refractivity contribution in [2.75, 3.05) is 0 Å². The lowest BCUT2D eigenvalue weighted by molar-refractivity contribution is 0.306. The summed E-state index contributed by atoms with van der Waals surface area (Å²) >= 11 is 3.42. The molecular formula is C15H15BrO. The topological polar surface area (TPSA) is 9.23 Å². The molecule has 2 aromatic carbocycles. The SMILES string of the molecule is CCc1cccc(OCc2ccc(Br)cc2)c1. The molecule has 0 radical (unpaired) electrons. The van der Waals surface area contributed by atoms with Gasteiger partial charge >= 0.3 is 0 Å². The standard InChI is InChI=1S/C15H15BrO/c1-2-12-4-3-5-15(10-12)17-11-13-6-8-14(16)9-7-13/h3-10H,2,11H2,1H3. The van der Waals surface area contributed by atoms with E-state index in [1.165, 1.54) is 11.1 Å². The van der Waals surface area contributed by atoms with Gasteiger partial charge in [0.25, 0.3) is 0 Å². The fraction of sp³-hybridized carbons (Fsp3) is 0.200. The number of benzene rings is 2. The van der Waals surface area contributed by atoms with Gasteiger partial charge in [-0.2, -0.15) is 0 Å². The third-order valence-electron chi connectivity index (χ3n) is 2.63. The van der Waals surface area contributed by atoms with E-state index in [2.05, 4.69) is 47.1 Å². The molecule has 0 aliphatic heterocycles. The summed E-state index contributed by atoms with van der Waals surface area (Å²) < 4.78 is 6.85. The van der Waals surface area contributed by atoms with Crippen LogP contribution in [0.4, 0.5) is 0 Å². The van der Waals surface area contributed by atoms with Gasteiger partial charge in [0.05, 0.1) is 0 Å². The zero-order chi connectivity index (χ0) is 12.1. The van der Waals surface area contributed by atoms with E-state index in [1.54, 1.807) is 0 Å². The highest BCUT2D eigenvalue weighted by Crippen LogP contribution is 2.16. The third-order valence-corrected chi connectivity index (χ3v) is 3.15. The van der Waals surface area contributed by atoms with Crippen molar-refractivity contribution in [3.63, 3.8) is 0 Å². The maximum atomic E-state index is 5.76. The summed E-state index contributed by atoms with van der Waals surface area (Å²) in [4.78, 5) is 0. The lowest BCUT2D eigenvalue weighted by Crippen LogP contribution is -1.95. The number of rotatable bonds is 4. The van der Waals surface area contributed by atoms with Crippen LogP contribution in [0.15, 0.2) is 53.0 Å². The average molecular weight is 291 g/mol. The summed E-state index contributed by atoms with van der Waals surface area (Å²) in [7, 11) is 0. The van der Waals surface area contributed by atoms with Gasteiger partial charge < -0.3 is 4.74 Å². The van der Waals surface area contributed by atoms with E-state index in [-0.39, 0.29) is 0 Å². The summed E-state index contributed by atoms with van der Waals surface area (Å²) in [5, 5.41) is 0. The van der Waals surface area contributed by atoms with Crippen LogP contribution in [0.25, 0.3) is 0 Å². The summed E-state index contributed by atoms with van der Waals surface area (Å²) in [6.07, 6.45) is 1.04. The highest BCUT2D eigenvalue weighted by Gasteiger charge is 1.97. The highest BCUT2D eigenvalue weighted by atomic mass is 79.9. The first kappa shape index (κ1) is 12.2. The number of aryl methyl sites for hydroxylation is 1. The Hall–Kier alpha value is -1.28. The van der Waals surface area contributed by atoms with Crippen LogP contribution in [-0.2, 0) is 13.0 Å². The van der Waals surface area contributed by atoms with Gasteiger partial charge in [-0.15, -0.1) is 0 Å². The zero-order valence-electron chi connectivity index (χ0n) is 9.82. The van der Waals surface area contributed by atoms with Crippen LogP contribution < -0.4 is 4.74 Å². The molecule has 2 aromatic rings. The van der Waals surface area contributed by atoms with Crippen LogP contribution in [0.2, 0.25) is 0 Å². The maximum absolute atomic E-state index is 5.76. The molecule has 0 bridgehead atoms. The fourth-order valence-electron chi connectivity index (χ4n) is 1.60. The number of hydrogen-bond acceptors (Lipinski definition) is 1. The summed E-state index contributed by atoms with van der Waals surface area (Å²) in [5.74, 6) is 0.937. The molecular weight excluding hydrogens is 276 g/mol. The quantitative estimate of drug-likeness (QED) is 0.800. The maximum Gasteiger partial charge on any atom is 0.120 e. The molecule has 0 spiro atoms. The molecule has 0 saturated carbocycles. The van der Waals surface area contributed by atoms with Gasteiger partial charge in [-0.05, 0) is 41.8 Å². The molecule has 0 atom stereocenters. The van der Waals surface area contributed by atoms with Crippen LogP contribution in [0.3, 0.4) is 0 Å². The van der Waals surface area contributed by atoms with Crippen molar-refractivity contribution < 1.29 is 4.74 Å². The van der Waals surface area contributed by atoms with E-state index in [1.807, 2.05) is 24.3 Å². The normalized spacial score (nSPS) is 10.2. The second-order valence-corrected chi connectivity index (χ2v) is 4.83. The van der Waals surface area contributed by atoms with Gasteiger partial charge in [0, 0.05) is 4.47 Å². The average Bonchev–Trinajstić information content (AvgIpc) is 2.38. The van der Waals surface area contributed by atoms with E-state index in [4.69, 9.17) is 4.74 Å². The van der Waals surface area contributed by atoms with Crippen LogP contribution in [-0.4, -0.2) is 0 Å². The lowest BCUT2D eigenvalue weighted by atomic mass is 10.2. The Morgan fingerprint density at radius 1 is 1.00 bits per heavy atom. The summed E-state index contributed by atoms with van der Waals surface area (Å²) in [5.41, 5.74) is 2.48. The smallest absolute Gasteiger partial charge is 0.120 e. The predicted molar refractivity (Wildman–Crippen MR) is 74.3 cm³/mol. The molecule has 88 valence electrons. The van der Waals surface area contributed by atoms with E-state index in [0.29, 0.717) is 6.61 Å². The number of hydrogen-bond donors (Lipinski definition) is 0. The van der Waals surface area contributed by atoms with Crippen LogP contribution in [0.5, 0.6) is 5.75 Å². The molecule has 0 aliphatic rings. The van der Waals surface area contributed by atoms with Gasteiger partial charge in [0.1, 0.15) is 12.4 Å². The number of ether oxygens (including phenoxy) is 1. The molecule has 0 N–H and O–H groups in total. The molecule has 0 unspecified atom stereocenters. The molecule has 0 saturated heterocycles. The summed E-state index contributed by atoms with van der Waals surface area (Å²) in [6.45, 7) is 2.76. The Balaban J connectivity index is 1.99. The molecule has 1 nitrogen and oxygen atoms in total. The molecule has 2 rings (SSSR count). The molecule has 0 fully saturated rings. The lowest BCUT2D eigenvalue weighted by Gasteiger charge is -2.07. The second kappa shape index (κ2) is 5.87. The fourth-order valence-corrected chi connectivity index (χ4v) is 1.87. The van der Waals surface area contributed by atoms with Gasteiger partial charge in [-0.3, -0.25) is 0 Å². The summed E-state index contributed by atoms with van der Waals surface area (Å²) in [6, 6.07) is 16.4. The predicted octanol–water partition coefficient (Wildman–Crippen LogP) is 4.59. The van der Waals surface area contributed by atoms with Crippen molar-refractivity contribution >= 4 is 15.9 Å². The van der Waals surface area contributed by atoms with Crippen molar-refractivity contribution in [1.29, 1.82) is 0 Å². The first-order valence-electron chi connectivity index (χ1n) is 5.74. The Morgan fingerprint density at radius 3 is 2.47 bits per heavy atom. The van der Waals surface area contributed by atoms with E-state index in [9.17, 15) is 0 Å². The second-order valence-electron chi connectivity index (χ2n) is 3.92. The van der Waals surface area contributed by atoms with Crippen molar-refractivity contribution in [2.45, 2.75) is 20.0 Å². The van der Waals surface area contributed by atoms with Gasteiger partial charge in [-0.25, -0.2) is 0 Å². The van der Waals surface area contributed by atoms with Gasteiger partial charge in [-0.1, -0.05) is 47.1 Å². The molecule has 0 heterocycles. The van der Waals surface area contributed by atoms with Crippen molar-refractivity contribution in [2.24, 2.45) is 0 Å². The van der Waals surface area contributed by atoms with E-state index < -0.39 is 0 Å². The molecule has 17 heavy (non-hydrogen) atoms. The zero-order valence-corrected chi connectivity index (χ0v) is 11.4. The Labute approximate surface area is 111 Å². The van der Waals surface area contributed by atoms with Crippen LogP contribution >= 0.6 is 15.9 Å². The van der Waals surface area contributed by atoms with Crippen molar-refractivity contribution in [1.82, 2.24) is 0 Å². The minimum Gasteiger partial charge on any atom is -0.489 e. The van der Waals surface area contributed by atoms with Crippen molar-refractivity contribution in [3.05, 3.63) is 64.1 Å². The Kier molecular flexibility index (Phi) is 4.21. The Morgan fingerprint density at radius 2 is 1.76 bits per heavy atom. The molecule has 2 heteroatoms. The largest absolute Gasteiger partial charge is 0.489 e. The molecule has 0 aromatic heterocycles. The molecule has 0 aliphatic carbocycles. The van der Waals surface area contributed by atoms with E-state index in [0.717, 1.165) is 16.6 Å². The van der Waals surface area contributed by atoms with Crippen LogP contribution in [0.1, 0.15) is 18.1 Å². The first-order valence-corrected chi connectivity index (χ1v) is 6.53.